The zero-order valence-corrected chi connectivity index (χ0v) is 44.5. The summed E-state index contributed by atoms with van der Waals surface area (Å²) < 4.78 is 0. The Labute approximate surface area is 426 Å². The lowest BCUT2D eigenvalue weighted by atomic mass is 10.0. The van der Waals surface area contributed by atoms with Gasteiger partial charge in [0.2, 0.25) is 5.91 Å². The van der Waals surface area contributed by atoms with Crippen LogP contribution in [0.25, 0.3) is 0 Å². The summed E-state index contributed by atoms with van der Waals surface area (Å²) in [6, 6.07) is -0.670. The third kappa shape index (κ3) is 54.8. The fourth-order valence-electron chi connectivity index (χ4n) is 7.49. The van der Waals surface area contributed by atoms with Crippen LogP contribution in [0.5, 0.6) is 0 Å². The summed E-state index contributed by atoms with van der Waals surface area (Å²) >= 11 is 0. The maximum Gasteiger partial charge on any atom is 0.220 e. The Morgan fingerprint density at radius 2 is 0.652 bits per heavy atom. The number of allylic oxidation sites excluding steroid dienone is 25. The highest BCUT2D eigenvalue weighted by molar-refractivity contribution is 5.76. The third-order valence-corrected chi connectivity index (χ3v) is 11.7. The molecule has 388 valence electrons. The van der Waals surface area contributed by atoms with Crippen molar-refractivity contribution in [3.63, 3.8) is 0 Å². The van der Waals surface area contributed by atoms with Gasteiger partial charge in [-0.2, -0.15) is 0 Å². The fourth-order valence-corrected chi connectivity index (χ4v) is 7.49. The van der Waals surface area contributed by atoms with E-state index in [1.807, 2.05) is 6.08 Å². The van der Waals surface area contributed by atoms with Gasteiger partial charge in [0, 0.05) is 6.42 Å². The molecule has 0 aromatic carbocycles. The van der Waals surface area contributed by atoms with E-state index in [-0.39, 0.29) is 12.5 Å². The predicted molar refractivity (Wildman–Crippen MR) is 308 cm³/mol. The van der Waals surface area contributed by atoms with Crippen LogP contribution in [-0.2, 0) is 4.79 Å². The molecule has 0 radical (unpaired) electrons. The SMILES string of the molecule is CC/C=C\C/C=C\C/C=C\C/C=C\C/C=C\C/C=C\C/C=C\C/C=C\C/C=C\C/C=C\C/C=C\CCCCCC(=O)NC(CO)C(O)/C=C/CC/C=C/CCCCCCCCCCCCCCCC. The van der Waals surface area contributed by atoms with Gasteiger partial charge in [0.1, 0.15) is 0 Å². The lowest BCUT2D eigenvalue weighted by molar-refractivity contribution is -0.123. The molecule has 4 nitrogen and oxygen atoms in total. The summed E-state index contributed by atoms with van der Waals surface area (Å²) in [6.07, 6.45) is 93.9. The molecule has 0 rings (SSSR count). The van der Waals surface area contributed by atoms with E-state index >= 15 is 0 Å². The topological polar surface area (TPSA) is 69.6 Å². The number of amides is 1. The molecule has 0 aliphatic rings. The van der Waals surface area contributed by atoms with Crippen LogP contribution in [-0.4, -0.2) is 34.9 Å². The maximum atomic E-state index is 12.5. The molecule has 2 atom stereocenters. The Morgan fingerprint density at radius 3 is 1.01 bits per heavy atom. The second-order valence-corrected chi connectivity index (χ2v) is 18.3. The monoisotopic (exact) mass is 948 g/mol. The molecule has 2 unspecified atom stereocenters. The largest absolute Gasteiger partial charge is 0.394 e. The Hall–Kier alpha value is -3.99. The second-order valence-electron chi connectivity index (χ2n) is 18.3. The van der Waals surface area contributed by atoms with Gasteiger partial charge in [0.15, 0.2) is 0 Å². The molecule has 69 heavy (non-hydrogen) atoms. The molecular formula is C65H105NO3. The highest BCUT2D eigenvalue weighted by Gasteiger charge is 2.17. The second kappa shape index (κ2) is 58.3. The maximum absolute atomic E-state index is 12.5. The molecule has 0 spiro atoms. The number of rotatable bonds is 49. The molecular weight excluding hydrogens is 843 g/mol. The van der Waals surface area contributed by atoms with Crippen molar-refractivity contribution in [2.24, 2.45) is 0 Å². The number of nitrogens with one attached hydrogen (secondary N) is 1. The molecule has 4 heteroatoms. The van der Waals surface area contributed by atoms with Crippen molar-refractivity contribution >= 4 is 5.91 Å². The van der Waals surface area contributed by atoms with Crippen molar-refractivity contribution in [3.05, 3.63) is 158 Å². The van der Waals surface area contributed by atoms with Crippen LogP contribution in [0.4, 0.5) is 0 Å². The first-order chi connectivity index (χ1) is 34.2. The van der Waals surface area contributed by atoms with Gasteiger partial charge in [0.05, 0.1) is 18.8 Å². The van der Waals surface area contributed by atoms with Gasteiger partial charge in [-0.3, -0.25) is 4.79 Å². The summed E-state index contributed by atoms with van der Waals surface area (Å²) in [5.74, 6) is -0.112. The van der Waals surface area contributed by atoms with Gasteiger partial charge < -0.3 is 15.5 Å². The fraction of sp³-hybridized carbons (Fsp3) is 0.585. The Morgan fingerprint density at radius 1 is 0.362 bits per heavy atom. The smallest absolute Gasteiger partial charge is 0.220 e. The van der Waals surface area contributed by atoms with E-state index in [1.165, 1.54) is 89.9 Å². The van der Waals surface area contributed by atoms with E-state index in [1.54, 1.807) is 6.08 Å². The lowest BCUT2D eigenvalue weighted by Crippen LogP contribution is -2.45. The normalized spacial score (nSPS) is 14.1. The zero-order valence-electron chi connectivity index (χ0n) is 44.5. The molecule has 0 aliphatic heterocycles. The van der Waals surface area contributed by atoms with Crippen LogP contribution >= 0.6 is 0 Å². The molecule has 0 aromatic rings. The molecule has 0 heterocycles. The minimum absolute atomic E-state index is 0.112. The molecule has 0 bridgehead atoms. The highest BCUT2D eigenvalue weighted by atomic mass is 16.3. The first kappa shape index (κ1) is 65.0. The number of aliphatic hydroxyl groups is 2. The van der Waals surface area contributed by atoms with E-state index in [2.05, 4.69) is 165 Å². The van der Waals surface area contributed by atoms with Crippen LogP contribution in [0.1, 0.15) is 226 Å². The number of carbonyl (C=O) groups excluding carboxylic acids is 1. The van der Waals surface area contributed by atoms with Crippen molar-refractivity contribution in [1.82, 2.24) is 5.32 Å². The summed E-state index contributed by atoms with van der Waals surface area (Å²) in [5.41, 5.74) is 0. The van der Waals surface area contributed by atoms with E-state index in [4.69, 9.17) is 0 Å². The van der Waals surface area contributed by atoms with Crippen LogP contribution in [0.15, 0.2) is 158 Å². The molecule has 0 aromatic heterocycles. The first-order valence-electron chi connectivity index (χ1n) is 28.2. The predicted octanol–water partition coefficient (Wildman–Crippen LogP) is 19.0. The molecule has 0 saturated carbocycles. The molecule has 0 saturated heterocycles. The van der Waals surface area contributed by atoms with Gasteiger partial charge in [-0.15, -0.1) is 0 Å². The number of unbranched alkanes of at least 4 members (excludes halogenated alkanes) is 18. The van der Waals surface area contributed by atoms with E-state index in [0.29, 0.717) is 6.42 Å². The van der Waals surface area contributed by atoms with E-state index in [0.717, 1.165) is 116 Å². The Balaban J connectivity index is 3.74. The third-order valence-electron chi connectivity index (χ3n) is 11.7. The average Bonchev–Trinajstić information content (AvgIpc) is 3.35. The van der Waals surface area contributed by atoms with Gasteiger partial charge in [-0.25, -0.2) is 0 Å². The quantitative estimate of drug-likeness (QED) is 0.0420. The molecule has 1 amide bonds. The van der Waals surface area contributed by atoms with Gasteiger partial charge in [-0.05, 0) is 116 Å². The molecule has 0 aliphatic carbocycles. The summed E-state index contributed by atoms with van der Waals surface area (Å²) in [4.78, 5) is 12.5. The minimum atomic E-state index is -0.889. The summed E-state index contributed by atoms with van der Waals surface area (Å²) in [6.45, 7) is 4.16. The van der Waals surface area contributed by atoms with Crippen molar-refractivity contribution in [2.45, 2.75) is 238 Å². The number of aliphatic hydroxyl groups excluding tert-OH is 2. The van der Waals surface area contributed by atoms with Gasteiger partial charge in [0.25, 0.3) is 0 Å². The zero-order chi connectivity index (χ0) is 49.9. The molecule has 0 fully saturated rings. The van der Waals surface area contributed by atoms with E-state index < -0.39 is 12.1 Å². The number of hydrogen-bond donors (Lipinski definition) is 3. The Kier molecular flexibility index (Phi) is 55.0. The van der Waals surface area contributed by atoms with Crippen molar-refractivity contribution in [2.75, 3.05) is 6.61 Å². The molecule has 3 N–H and O–H groups in total. The van der Waals surface area contributed by atoms with Gasteiger partial charge >= 0.3 is 0 Å². The number of hydrogen-bond acceptors (Lipinski definition) is 3. The van der Waals surface area contributed by atoms with Crippen LogP contribution in [0, 0.1) is 0 Å². The van der Waals surface area contributed by atoms with Crippen LogP contribution < -0.4 is 5.32 Å². The minimum Gasteiger partial charge on any atom is -0.394 e. The summed E-state index contributed by atoms with van der Waals surface area (Å²) in [5, 5.41) is 23.1. The van der Waals surface area contributed by atoms with Gasteiger partial charge in [-0.1, -0.05) is 262 Å². The van der Waals surface area contributed by atoms with E-state index in [9.17, 15) is 15.0 Å². The standard InChI is InChI=1S/C65H105NO3/c1-3-5-7-9-11-13-15-17-19-21-23-25-26-27-28-29-30-31-32-33-34-35-36-37-38-39-40-41-43-45-47-49-51-53-55-57-59-61-65(69)66-63(62-67)64(68)60-58-56-54-52-50-48-46-44-42-24-22-20-18-16-14-12-10-8-6-4-2/h5,7,11,13,17,19,23,25,27-28,30-31,33-34,36-37,39-40,43,45,49-52,58,60,63-64,67-68H,3-4,6,8-10,12,14-16,18,20-22,24,26,29,32,35,38,41-42,44,46-48,53-57,59,61-62H2,1-2H3,(H,66,69)/b7-5-,13-11-,19-17-,25-23-,28-27-,31-30-,34-33-,37-36-,40-39-,45-43-,51-49-,52-50+,60-58+. The highest BCUT2D eigenvalue weighted by Crippen LogP contribution is 2.14. The number of carbonyl (C=O) groups is 1. The average molecular weight is 949 g/mol. The van der Waals surface area contributed by atoms with Crippen molar-refractivity contribution < 1.29 is 15.0 Å². The van der Waals surface area contributed by atoms with Crippen molar-refractivity contribution in [3.8, 4) is 0 Å². The lowest BCUT2D eigenvalue weighted by Gasteiger charge is -2.19. The Bertz CT molecular complexity index is 1490. The summed E-state index contributed by atoms with van der Waals surface area (Å²) in [7, 11) is 0. The van der Waals surface area contributed by atoms with Crippen LogP contribution in [0.2, 0.25) is 0 Å². The van der Waals surface area contributed by atoms with Crippen LogP contribution in [0.3, 0.4) is 0 Å². The first-order valence-corrected chi connectivity index (χ1v) is 28.2. The van der Waals surface area contributed by atoms with Crippen molar-refractivity contribution in [1.29, 1.82) is 0 Å².